The number of halogens is 4. The zero-order valence-corrected chi connectivity index (χ0v) is 9.89. The molecular formula is C9H10F3IN2. The maximum Gasteiger partial charge on any atom is 0.390 e. The van der Waals surface area contributed by atoms with Crippen LogP contribution in [0.25, 0.3) is 0 Å². The van der Waals surface area contributed by atoms with E-state index in [9.17, 15) is 13.2 Å². The number of nitrogens with one attached hydrogen (secondary N) is 1. The lowest BCUT2D eigenvalue weighted by Crippen LogP contribution is -2.15. The van der Waals surface area contributed by atoms with Gasteiger partial charge in [-0.2, -0.15) is 13.2 Å². The van der Waals surface area contributed by atoms with E-state index in [1.54, 1.807) is 18.2 Å². The molecule has 0 bridgehead atoms. The van der Waals surface area contributed by atoms with Gasteiger partial charge in [-0.1, -0.05) is 0 Å². The normalized spacial score (nSPS) is 11.5. The van der Waals surface area contributed by atoms with Crippen LogP contribution in [-0.4, -0.2) is 12.7 Å². The van der Waals surface area contributed by atoms with E-state index >= 15 is 0 Å². The van der Waals surface area contributed by atoms with Crippen LogP contribution in [0.5, 0.6) is 0 Å². The molecular weight excluding hydrogens is 320 g/mol. The quantitative estimate of drug-likeness (QED) is 0.660. The highest BCUT2D eigenvalue weighted by molar-refractivity contribution is 14.1. The lowest BCUT2D eigenvalue weighted by molar-refractivity contribution is -0.131. The molecule has 0 saturated carbocycles. The van der Waals surface area contributed by atoms with Crippen LogP contribution in [0.15, 0.2) is 18.2 Å². The van der Waals surface area contributed by atoms with Crippen molar-refractivity contribution in [3.05, 3.63) is 21.8 Å². The van der Waals surface area contributed by atoms with E-state index in [1.807, 2.05) is 22.6 Å². The van der Waals surface area contributed by atoms with Crippen LogP contribution < -0.4 is 11.1 Å². The van der Waals surface area contributed by atoms with Crippen LogP contribution in [0.2, 0.25) is 0 Å². The Labute approximate surface area is 99.2 Å². The molecule has 0 heterocycles. The smallest absolute Gasteiger partial charge is 0.390 e. The second-order valence-electron chi connectivity index (χ2n) is 3.03. The third-order valence-electron chi connectivity index (χ3n) is 1.72. The van der Waals surface area contributed by atoms with Crippen LogP contribution in [0, 0.1) is 3.57 Å². The topological polar surface area (TPSA) is 38.0 Å². The van der Waals surface area contributed by atoms with Gasteiger partial charge in [-0.3, -0.25) is 0 Å². The zero-order chi connectivity index (χ0) is 11.5. The first-order chi connectivity index (χ1) is 6.88. The molecule has 0 unspecified atom stereocenters. The molecule has 1 aromatic rings. The first-order valence-corrected chi connectivity index (χ1v) is 5.32. The van der Waals surface area contributed by atoms with E-state index in [-0.39, 0.29) is 6.54 Å². The molecule has 0 aromatic heterocycles. The van der Waals surface area contributed by atoms with Crippen molar-refractivity contribution < 1.29 is 13.2 Å². The number of alkyl halides is 3. The summed E-state index contributed by atoms with van der Waals surface area (Å²) in [6, 6.07) is 5.03. The van der Waals surface area contributed by atoms with Gasteiger partial charge in [0.15, 0.2) is 0 Å². The van der Waals surface area contributed by atoms with Gasteiger partial charge in [-0.15, -0.1) is 0 Å². The van der Waals surface area contributed by atoms with E-state index in [4.69, 9.17) is 5.73 Å². The highest BCUT2D eigenvalue weighted by atomic mass is 127. The molecule has 0 aliphatic rings. The van der Waals surface area contributed by atoms with Crippen LogP contribution >= 0.6 is 22.6 Å². The minimum atomic E-state index is -4.12. The molecule has 0 amide bonds. The minimum Gasteiger partial charge on any atom is -0.399 e. The predicted octanol–water partition coefficient (Wildman–Crippen LogP) is 3.24. The van der Waals surface area contributed by atoms with Crippen molar-refractivity contribution >= 4 is 34.0 Å². The lowest BCUT2D eigenvalue weighted by Gasteiger charge is -2.10. The molecule has 0 aliphatic heterocycles. The number of nitrogen functional groups attached to an aromatic ring is 1. The van der Waals surface area contributed by atoms with Gasteiger partial charge in [0, 0.05) is 21.5 Å². The number of rotatable bonds is 3. The van der Waals surface area contributed by atoms with Crippen molar-refractivity contribution in [3.8, 4) is 0 Å². The Kier molecular flexibility index (Phi) is 4.06. The van der Waals surface area contributed by atoms with Crippen molar-refractivity contribution in [1.82, 2.24) is 0 Å². The summed E-state index contributed by atoms with van der Waals surface area (Å²) in [7, 11) is 0. The monoisotopic (exact) mass is 330 g/mol. The van der Waals surface area contributed by atoms with E-state index in [0.717, 1.165) is 3.57 Å². The standard InChI is InChI=1S/C9H10F3IN2/c10-9(11,12)3-4-15-8-2-1-6(14)5-7(8)13/h1-2,5,15H,3-4,14H2. The van der Waals surface area contributed by atoms with E-state index < -0.39 is 12.6 Å². The fraction of sp³-hybridized carbons (Fsp3) is 0.333. The summed E-state index contributed by atoms with van der Waals surface area (Å²) in [6.07, 6.45) is -4.96. The number of hydrogen-bond acceptors (Lipinski definition) is 2. The van der Waals surface area contributed by atoms with Gasteiger partial charge >= 0.3 is 6.18 Å². The molecule has 1 rings (SSSR count). The molecule has 15 heavy (non-hydrogen) atoms. The highest BCUT2D eigenvalue weighted by Gasteiger charge is 2.26. The van der Waals surface area contributed by atoms with Crippen molar-refractivity contribution in [2.75, 3.05) is 17.6 Å². The number of hydrogen-bond donors (Lipinski definition) is 2. The van der Waals surface area contributed by atoms with Crippen molar-refractivity contribution in [2.45, 2.75) is 12.6 Å². The number of nitrogens with two attached hydrogens (primary N) is 1. The second-order valence-corrected chi connectivity index (χ2v) is 4.19. The van der Waals surface area contributed by atoms with Crippen LogP contribution in [0.3, 0.4) is 0 Å². The van der Waals surface area contributed by atoms with Crippen molar-refractivity contribution in [3.63, 3.8) is 0 Å². The number of benzene rings is 1. The summed E-state index contributed by atoms with van der Waals surface area (Å²) in [5, 5.41) is 2.71. The Balaban J connectivity index is 2.51. The predicted molar refractivity (Wildman–Crippen MR) is 62.7 cm³/mol. The Morgan fingerprint density at radius 1 is 1.33 bits per heavy atom. The third kappa shape index (κ3) is 4.59. The van der Waals surface area contributed by atoms with Crippen LogP contribution in [0.4, 0.5) is 24.5 Å². The fourth-order valence-electron chi connectivity index (χ4n) is 1.01. The zero-order valence-electron chi connectivity index (χ0n) is 7.74. The molecule has 0 atom stereocenters. The van der Waals surface area contributed by atoms with Crippen LogP contribution in [0.1, 0.15) is 6.42 Å². The van der Waals surface area contributed by atoms with Gasteiger partial charge in [0.05, 0.1) is 6.42 Å². The van der Waals surface area contributed by atoms with Crippen LogP contribution in [-0.2, 0) is 0 Å². The molecule has 6 heteroatoms. The summed E-state index contributed by atoms with van der Waals surface area (Å²) in [5.41, 5.74) is 6.79. The third-order valence-corrected chi connectivity index (χ3v) is 2.61. The number of anilines is 2. The molecule has 84 valence electrons. The molecule has 0 fully saturated rings. The summed E-state index contributed by atoms with van der Waals surface area (Å²) in [5.74, 6) is 0. The van der Waals surface area contributed by atoms with Crippen molar-refractivity contribution in [2.24, 2.45) is 0 Å². The van der Waals surface area contributed by atoms with Gasteiger partial charge in [0.1, 0.15) is 0 Å². The summed E-state index contributed by atoms with van der Waals surface area (Å²) < 4.78 is 36.4. The molecule has 2 nitrogen and oxygen atoms in total. The Morgan fingerprint density at radius 3 is 2.53 bits per heavy atom. The lowest BCUT2D eigenvalue weighted by atomic mass is 10.3. The summed E-state index contributed by atoms with van der Waals surface area (Å²) in [4.78, 5) is 0. The van der Waals surface area contributed by atoms with E-state index in [2.05, 4.69) is 5.32 Å². The average molecular weight is 330 g/mol. The maximum absolute atomic E-state index is 11.9. The molecule has 0 radical (unpaired) electrons. The highest BCUT2D eigenvalue weighted by Crippen LogP contribution is 2.23. The van der Waals surface area contributed by atoms with Gasteiger partial charge in [-0.25, -0.2) is 0 Å². The first-order valence-electron chi connectivity index (χ1n) is 4.24. The largest absolute Gasteiger partial charge is 0.399 e. The molecule has 1 aromatic carbocycles. The average Bonchev–Trinajstić information content (AvgIpc) is 2.07. The molecule has 0 spiro atoms. The van der Waals surface area contributed by atoms with Gasteiger partial charge in [-0.05, 0) is 40.8 Å². The first kappa shape index (κ1) is 12.4. The summed E-state index contributed by atoms with van der Waals surface area (Å²) >= 11 is 2.02. The molecule has 0 saturated heterocycles. The van der Waals surface area contributed by atoms with Crippen molar-refractivity contribution in [1.29, 1.82) is 0 Å². The SMILES string of the molecule is Nc1ccc(NCCC(F)(F)F)c(I)c1. The minimum absolute atomic E-state index is 0.122. The fourth-order valence-corrected chi connectivity index (χ4v) is 1.74. The Hall–Kier alpha value is -0.660. The second kappa shape index (κ2) is 4.91. The molecule has 0 aliphatic carbocycles. The Morgan fingerprint density at radius 2 is 2.00 bits per heavy atom. The summed E-state index contributed by atoms with van der Waals surface area (Å²) in [6.45, 7) is -0.122. The Bertz CT molecular complexity index is 339. The van der Waals surface area contributed by atoms with E-state index in [0.29, 0.717) is 11.4 Å². The van der Waals surface area contributed by atoms with E-state index in [1.165, 1.54) is 0 Å². The maximum atomic E-state index is 11.9. The van der Waals surface area contributed by atoms with Gasteiger partial charge < -0.3 is 11.1 Å². The van der Waals surface area contributed by atoms with Gasteiger partial charge in [0.25, 0.3) is 0 Å². The molecule has 3 N–H and O–H groups in total. The van der Waals surface area contributed by atoms with Gasteiger partial charge in [0.2, 0.25) is 0 Å².